The standard InChI is InChI=1S/C29H32ClN5O4/c1-18(2)27(37)29(39)34-10-8-20(9-11-34)21-6-7-25-23(13-21)28(38)35(17-32-25)16-26(36)33(3)15-19-4-5-22(14-31)24(30)12-19/h4-7,12-13,17-18,20,27,37H,8-11,15-16H2,1-3H3. The number of carbonyl (C=O) groups is 2. The second-order valence-electron chi connectivity index (χ2n) is 10.4. The summed E-state index contributed by atoms with van der Waals surface area (Å²) in [6.07, 6.45) is 1.87. The fraction of sp³-hybridized carbons (Fsp3) is 0.414. The highest BCUT2D eigenvalue weighted by atomic mass is 35.5. The van der Waals surface area contributed by atoms with Gasteiger partial charge in [-0.1, -0.05) is 37.6 Å². The molecule has 1 aliphatic heterocycles. The molecule has 204 valence electrons. The van der Waals surface area contributed by atoms with Gasteiger partial charge in [-0.2, -0.15) is 5.26 Å². The van der Waals surface area contributed by atoms with Gasteiger partial charge in [0.15, 0.2) is 0 Å². The van der Waals surface area contributed by atoms with E-state index in [2.05, 4.69) is 4.98 Å². The molecule has 10 heteroatoms. The van der Waals surface area contributed by atoms with Crippen molar-refractivity contribution in [2.75, 3.05) is 20.1 Å². The van der Waals surface area contributed by atoms with Crippen LogP contribution in [0.15, 0.2) is 47.5 Å². The number of aromatic nitrogens is 2. The first-order valence-corrected chi connectivity index (χ1v) is 13.3. The minimum Gasteiger partial charge on any atom is -0.383 e. The first kappa shape index (κ1) is 28.3. The van der Waals surface area contributed by atoms with Crippen LogP contribution in [0.4, 0.5) is 0 Å². The number of likely N-dealkylation sites (tertiary alicyclic amines) is 1. The Morgan fingerprint density at radius 1 is 1.21 bits per heavy atom. The van der Waals surface area contributed by atoms with Crippen LogP contribution in [0, 0.1) is 17.2 Å². The zero-order valence-corrected chi connectivity index (χ0v) is 23.1. The van der Waals surface area contributed by atoms with E-state index < -0.39 is 6.10 Å². The number of amides is 2. The van der Waals surface area contributed by atoms with Crippen molar-refractivity contribution in [3.05, 3.63) is 74.8 Å². The third-order valence-electron chi connectivity index (χ3n) is 7.32. The van der Waals surface area contributed by atoms with Gasteiger partial charge in [0.1, 0.15) is 18.7 Å². The van der Waals surface area contributed by atoms with Gasteiger partial charge in [-0.15, -0.1) is 0 Å². The maximum absolute atomic E-state index is 13.3. The Balaban J connectivity index is 1.45. The number of nitrogens with zero attached hydrogens (tertiary/aromatic N) is 5. The van der Waals surface area contributed by atoms with E-state index in [-0.39, 0.29) is 42.3 Å². The molecule has 1 saturated heterocycles. The van der Waals surface area contributed by atoms with E-state index in [4.69, 9.17) is 16.9 Å². The van der Waals surface area contributed by atoms with Gasteiger partial charge >= 0.3 is 0 Å². The van der Waals surface area contributed by atoms with Gasteiger partial charge in [0.05, 0.1) is 27.8 Å². The molecular weight excluding hydrogens is 518 g/mol. The first-order valence-electron chi connectivity index (χ1n) is 13.0. The lowest BCUT2D eigenvalue weighted by molar-refractivity contribution is -0.143. The molecule has 0 saturated carbocycles. The highest BCUT2D eigenvalue weighted by Gasteiger charge is 2.29. The molecular formula is C29H32ClN5O4. The van der Waals surface area contributed by atoms with Crippen LogP contribution in [-0.2, 0) is 22.7 Å². The fourth-order valence-corrected chi connectivity index (χ4v) is 5.07. The van der Waals surface area contributed by atoms with Crippen LogP contribution in [-0.4, -0.2) is 62.5 Å². The van der Waals surface area contributed by atoms with Crippen LogP contribution in [0.3, 0.4) is 0 Å². The number of fused-ring (bicyclic) bond motifs is 1. The van der Waals surface area contributed by atoms with Crippen molar-refractivity contribution in [1.82, 2.24) is 19.4 Å². The van der Waals surface area contributed by atoms with Crippen molar-refractivity contribution in [1.29, 1.82) is 5.26 Å². The van der Waals surface area contributed by atoms with Gasteiger partial charge in [0, 0.05) is 26.7 Å². The van der Waals surface area contributed by atoms with Crippen molar-refractivity contribution >= 4 is 34.3 Å². The van der Waals surface area contributed by atoms with Crippen molar-refractivity contribution < 1.29 is 14.7 Å². The largest absolute Gasteiger partial charge is 0.383 e. The van der Waals surface area contributed by atoms with Gasteiger partial charge in [-0.3, -0.25) is 19.0 Å². The van der Waals surface area contributed by atoms with Crippen molar-refractivity contribution in [3.8, 4) is 6.07 Å². The van der Waals surface area contributed by atoms with E-state index in [0.717, 1.165) is 24.0 Å². The smallest absolute Gasteiger partial charge is 0.261 e. The van der Waals surface area contributed by atoms with Crippen LogP contribution in [0.2, 0.25) is 5.02 Å². The van der Waals surface area contributed by atoms with Crippen molar-refractivity contribution in [3.63, 3.8) is 0 Å². The lowest BCUT2D eigenvalue weighted by Gasteiger charge is -2.34. The highest BCUT2D eigenvalue weighted by Crippen LogP contribution is 2.30. The number of carbonyl (C=O) groups excluding carboxylic acids is 2. The normalized spacial score (nSPS) is 14.8. The number of halogens is 1. The Morgan fingerprint density at radius 2 is 1.92 bits per heavy atom. The van der Waals surface area contributed by atoms with E-state index in [1.54, 1.807) is 30.1 Å². The van der Waals surface area contributed by atoms with Crippen LogP contribution >= 0.6 is 11.6 Å². The molecule has 2 aromatic carbocycles. The molecule has 0 aliphatic carbocycles. The number of likely N-dealkylation sites (N-methyl/N-ethyl adjacent to an activating group) is 1. The van der Waals surface area contributed by atoms with E-state index >= 15 is 0 Å². The minimum atomic E-state index is -0.990. The zero-order chi connectivity index (χ0) is 28.3. The topological polar surface area (TPSA) is 120 Å². The summed E-state index contributed by atoms with van der Waals surface area (Å²) in [6, 6.07) is 12.6. The molecule has 1 atom stereocenters. The van der Waals surface area contributed by atoms with Crippen molar-refractivity contribution in [2.45, 2.75) is 51.8 Å². The summed E-state index contributed by atoms with van der Waals surface area (Å²) < 4.78 is 1.31. The summed E-state index contributed by atoms with van der Waals surface area (Å²) in [6.45, 7) is 4.86. The number of benzene rings is 2. The molecule has 1 fully saturated rings. The Labute approximate surface area is 232 Å². The van der Waals surface area contributed by atoms with Gasteiger partial charge in [-0.05, 0) is 60.1 Å². The summed E-state index contributed by atoms with van der Waals surface area (Å²) in [5.41, 5.74) is 2.40. The average molecular weight is 550 g/mol. The molecule has 1 aliphatic rings. The molecule has 4 rings (SSSR count). The predicted octanol–water partition coefficient (Wildman–Crippen LogP) is 3.30. The van der Waals surface area contributed by atoms with Crippen molar-refractivity contribution in [2.24, 2.45) is 5.92 Å². The van der Waals surface area contributed by atoms with E-state index in [0.29, 0.717) is 34.6 Å². The molecule has 1 unspecified atom stereocenters. The Bertz CT molecular complexity index is 1490. The number of piperidine rings is 1. The summed E-state index contributed by atoms with van der Waals surface area (Å²) in [4.78, 5) is 46.3. The number of aliphatic hydroxyl groups excluding tert-OH is 1. The Hall–Kier alpha value is -3.74. The molecule has 9 nitrogen and oxygen atoms in total. The Morgan fingerprint density at radius 3 is 2.56 bits per heavy atom. The molecule has 0 bridgehead atoms. The Kier molecular flexibility index (Phi) is 8.68. The fourth-order valence-electron chi connectivity index (χ4n) is 4.82. The maximum atomic E-state index is 13.3. The second-order valence-corrected chi connectivity index (χ2v) is 10.8. The third kappa shape index (κ3) is 6.29. The lowest BCUT2D eigenvalue weighted by atomic mass is 9.88. The van der Waals surface area contributed by atoms with E-state index in [1.165, 1.54) is 15.8 Å². The second kappa shape index (κ2) is 12.0. The minimum absolute atomic E-state index is 0.133. The number of hydrogen-bond donors (Lipinski definition) is 1. The number of hydrogen-bond acceptors (Lipinski definition) is 6. The monoisotopic (exact) mass is 549 g/mol. The van der Waals surface area contributed by atoms with E-state index in [1.807, 2.05) is 38.1 Å². The summed E-state index contributed by atoms with van der Waals surface area (Å²) in [5.74, 6) is -0.456. The predicted molar refractivity (Wildman–Crippen MR) is 148 cm³/mol. The maximum Gasteiger partial charge on any atom is 0.261 e. The van der Waals surface area contributed by atoms with Gasteiger partial charge in [0.25, 0.3) is 11.5 Å². The molecule has 1 aromatic heterocycles. The summed E-state index contributed by atoms with van der Waals surface area (Å²) in [7, 11) is 1.64. The molecule has 0 spiro atoms. The molecule has 3 aromatic rings. The number of nitriles is 1. The van der Waals surface area contributed by atoms with Crippen LogP contribution in [0.1, 0.15) is 49.3 Å². The zero-order valence-electron chi connectivity index (χ0n) is 22.3. The molecule has 39 heavy (non-hydrogen) atoms. The summed E-state index contributed by atoms with van der Waals surface area (Å²) >= 11 is 6.11. The SMILES string of the molecule is CC(C)C(O)C(=O)N1CCC(c2ccc3ncn(CC(=O)N(C)Cc4ccc(C#N)c(Cl)c4)c(=O)c3c2)CC1. The summed E-state index contributed by atoms with van der Waals surface area (Å²) in [5, 5.41) is 19.9. The van der Waals surface area contributed by atoms with Gasteiger partial charge in [0.2, 0.25) is 5.91 Å². The number of aliphatic hydroxyl groups is 1. The first-order chi connectivity index (χ1) is 18.6. The van der Waals surface area contributed by atoms with Crippen LogP contribution in [0.25, 0.3) is 10.9 Å². The number of rotatable bonds is 7. The van der Waals surface area contributed by atoms with E-state index in [9.17, 15) is 19.5 Å². The van der Waals surface area contributed by atoms with Crippen LogP contribution < -0.4 is 5.56 Å². The molecule has 1 N–H and O–H groups in total. The lowest BCUT2D eigenvalue weighted by Crippen LogP contribution is -2.45. The average Bonchev–Trinajstić information content (AvgIpc) is 2.93. The highest BCUT2D eigenvalue weighted by molar-refractivity contribution is 6.31. The molecule has 0 radical (unpaired) electrons. The van der Waals surface area contributed by atoms with Crippen LogP contribution in [0.5, 0.6) is 0 Å². The third-order valence-corrected chi connectivity index (χ3v) is 7.63. The van der Waals surface area contributed by atoms with Gasteiger partial charge in [-0.25, -0.2) is 4.98 Å². The van der Waals surface area contributed by atoms with Gasteiger partial charge < -0.3 is 14.9 Å². The quantitative estimate of drug-likeness (QED) is 0.483. The molecule has 2 amide bonds. The molecule has 2 heterocycles.